The third-order valence-corrected chi connectivity index (χ3v) is 9.64. The average Bonchev–Trinajstić information content (AvgIpc) is 2.68. The first kappa shape index (κ1) is 22.8. The van der Waals surface area contributed by atoms with Crippen LogP contribution in [-0.4, -0.2) is 12.1 Å². The van der Waals surface area contributed by atoms with Crippen molar-refractivity contribution in [1.82, 2.24) is 0 Å². The predicted molar refractivity (Wildman–Crippen MR) is 125 cm³/mol. The van der Waals surface area contributed by atoms with Crippen LogP contribution in [0.1, 0.15) is 37.0 Å². The van der Waals surface area contributed by atoms with Crippen LogP contribution >= 0.6 is 7.26 Å². The molecule has 3 aromatic rings. The van der Waals surface area contributed by atoms with Gasteiger partial charge in [0.25, 0.3) is 0 Å². The van der Waals surface area contributed by atoms with Gasteiger partial charge in [0.15, 0.2) is 0 Å². The van der Waals surface area contributed by atoms with Crippen LogP contribution in [-0.2, 0) is 4.79 Å². The van der Waals surface area contributed by atoms with E-state index in [2.05, 4.69) is 100 Å². The third-order valence-electron chi connectivity index (χ3n) is 4.98. The summed E-state index contributed by atoms with van der Waals surface area (Å²) in [5.41, 5.74) is 3.98. The predicted octanol–water partition coefficient (Wildman–Crippen LogP) is 4.07. The van der Waals surface area contributed by atoms with Crippen molar-refractivity contribution in [2.45, 2.75) is 41.0 Å². The maximum atomic E-state index is 8.89. The molecule has 0 aliphatic heterocycles. The summed E-state index contributed by atoms with van der Waals surface area (Å²) < 4.78 is 0. The number of carbonyl (C=O) groups excluding carboxylic acids is 1. The summed E-state index contributed by atoms with van der Waals surface area (Å²) in [6.45, 7) is 9.79. The van der Waals surface area contributed by atoms with Crippen molar-refractivity contribution in [3.63, 3.8) is 0 Å². The first-order chi connectivity index (χ1) is 13.8. The highest BCUT2D eigenvalue weighted by atomic mass is 31.2. The van der Waals surface area contributed by atoms with Gasteiger partial charge in [-0.3, -0.25) is 0 Å². The van der Waals surface area contributed by atoms with E-state index in [1.54, 1.807) is 0 Å². The van der Waals surface area contributed by atoms with Gasteiger partial charge in [-0.25, -0.2) is 0 Å². The molecule has 0 aromatic heterocycles. The molecular formula is C26H31O2P. The van der Waals surface area contributed by atoms with Crippen molar-refractivity contribution in [3.05, 3.63) is 89.5 Å². The van der Waals surface area contributed by atoms with Crippen molar-refractivity contribution in [1.29, 1.82) is 0 Å². The van der Waals surface area contributed by atoms with Gasteiger partial charge < -0.3 is 9.90 Å². The molecule has 0 saturated carbocycles. The van der Waals surface area contributed by atoms with Crippen molar-refractivity contribution in [2.24, 2.45) is 0 Å². The summed E-state index contributed by atoms with van der Waals surface area (Å²) in [5.74, 6) is -1.08. The second kappa shape index (κ2) is 10.4. The zero-order valence-corrected chi connectivity index (χ0v) is 19.0. The highest BCUT2D eigenvalue weighted by Gasteiger charge is 2.44. The molecule has 0 unspecified atom stereocenters. The van der Waals surface area contributed by atoms with E-state index in [4.69, 9.17) is 9.90 Å². The monoisotopic (exact) mass is 406 g/mol. The molecule has 0 radical (unpaired) electrons. The Balaban J connectivity index is 0.000000687. The Morgan fingerprint density at radius 2 is 0.931 bits per heavy atom. The van der Waals surface area contributed by atoms with Gasteiger partial charge >= 0.3 is 0 Å². The first-order valence-corrected chi connectivity index (χ1v) is 12.0. The van der Waals surface area contributed by atoms with Crippen LogP contribution in [0.5, 0.6) is 0 Å². The van der Waals surface area contributed by atoms with Gasteiger partial charge in [0.1, 0.15) is 23.2 Å². The molecule has 3 heteroatoms. The lowest BCUT2D eigenvalue weighted by Gasteiger charge is -2.27. The molecule has 3 rings (SSSR count). The summed E-state index contributed by atoms with van der Waals surface area (Å²) in [7, 11) is -1.61. The molecule has 0 atom stereocenters. The minimum Gasteiger partial charge on any atom is -0.550 e. The number of aryl methyl sites for hydroxylation is 3. The Morgan fingerprint density at radius 1 is 0.690 bits per heavy atom. The summed E-state index contributed by atoms with van der Waals surface area (Å²) in [6, 6.07) is 27.8. The number of carbonyl (C=O) groups is 1. The van der Waals surface area contributed by atoms with Crippen LogP contribution in [0.2, 0.25) is 0 Å². The zero-order chi connectivity index (χ0) is 21.4. The van der Waals surface area contributed by atoms with E-state index < -0.39 is 13.2 Å². The van der Waals surface area contributed by atoms with Gasteiger partial charge in [0, 0.05) is 5.97 Å². The van der Waals surface area contributed by atoms with E-state index in [1.165, 1.54) is 45.2 Å². The van der Waals surface area contributed by atoms with E-state index >= 15 is 0 Å². The third kappa shape index (κ3) is 5.78. The zero-order valence-electron chi connectivity index (χ0n) is 18.1. The quantitative estimate of drug-likeness (QED) is 0.599. The summed E-state index contributed by atoms with van der Waals surface area (Å²) >= 11 is 0. The Bertz CT molecular complexity index is 796. The molecule has 0 aliphatic carbocycles. The maximum Gasteiger partial charge on any atom is 0.112 e. The lowest BCUT2D eigenvalue weighted by Crippen LogP contribution is -2.33. The molecule has 0 spiro atoms. The molecular weight excluding hydrogens is 375 g/mol. The Kier molecular flexibility index (Phi) is 8.17. The van der Waals surface area contributed by atoms with Crippen molar-refractivity contribution in [3.8, 4) is 0 Å². The molecule has 2 nitrogen and oxygen atoms in total. The number of carboxylic acids is 1. The molecule has 152 valence electrons. The number of carboxylic acid groups (broad SMARTS) is 1. The second-order valence-corrected chi connectivity index (χ2v) is 11.1. The molecule has 0 N–H and O–H groups in total. The first-order valence-electron chi connectivity index (χ1n) is 10.1. The number of aliphatic carboxylic acids is 1. The minimum atomic E-state index is -1.61. The summed E-state index contributed by atoms with van der Waals surface area (Å²) in [6.07, 6.45) is 2.39. The molecule has 0 amide bonds. The van der Waals surface area contributed by atoms with E-state index in [0.717, 1.165) is 6.92 Å². The topological polar surface area (TPSA) is 40.1 Å². The Labute approximate surface area is 176 Å². The highest BCUT2D eigenvalue weighted by molar-refractivity contribution is 7.95. The smallest absolute Gasteiger partial charge is 0.112 e. The van der Waals surface area contributed by atoms with E-state index in [9.17, 15) is 0 Å². The van der Waals surface area contributed by atoms with Gasteiger partial charge in [0.05, 0.1) is 6.16 Å². The number of hydrogen-bond donors (Lipinski definition) is 0. The molecule has 0 saturated heterocycles. The van der Waals surface area contributed by atoms with Gasteiger partial charge in [-0.2, -0.15) is 0 Å². The second-order valence-electron chi connectivity index (χ2n) is 7.53. The van der Waals surface area contributed by atoms with Gasteiger partial charge in [-0.15, -0.1) is 0 Å². The average molecular weight is 407 g/mol. The maximum absolute atomic E-state index is 8.89. The van der Waals surface area contributed by atoms with Gasteiger partial charge in [-0.05, 0) is 70.5 Å². The molecule has 0 fully saturated rings. The van der Waals surface area contributed by atoms with E-state index in [-0.39, 0.29) is 0 Å². The summed E-state index contributed by atoms with van der Waals surface area (Å²) in [5, 5.41) is 13.4. The Hall–Kier alpha value is -2.44. The van der Waals surface area contributed by atoms with Crippen LogP contribution in [0.25, 0.3) is 0 Å². The Morgan fingerprint density at radius 3 is 1.14 bits per heavy atom. The minimum absolute atomic E-state index is 0.972. The largest absolute Gasteiger partial charge is 0.550 e. The fraction of sp³-hybridized carbons (Fsp3) is 0.269. The van der Waals surface area contributed by atoms with Crippen LogP contribution in [0, 0.1) is 20.8 Å². The van der Waals surface area contributed by atoms with Crippen LogP contribution in [0.3, 0.4) is 0 Å². The normalized spacial score (nSPS) is 10.8. The van der Waals surface area contributed by atoms with Crippen molar-refractivity contribution < 1.29 is 9.90 Å². The van der Waals surface area contributed by atoms with Gasteiger partial charge in [-0.1, -0.05) is 60.0 Å². The highest BCUT2D eigenvalue weighted by Crippen LogP contribution is 2.55. The van der Waals surface area contributed by atoms with Gasteiger partial charge in [0.2, 0.25) is 0 Å². The standard InChI is InChI=1S/C24H28P.C2H4O2/c1-5-18-25(22-12-6-19(2)7-13-22,23-14-8-20(3)9-15-23)24-16-10-21(4)11-17-24;1-2(3)4/h6-17H,5,18H2,1-4H3;1H3,(H,3,4)/q+1;/p-1. The van der Waals surface area contributed by atoms with E-state index in [1.807, 2.05) is 0 Å². The van der Waals surface area contributed by atoms with Crippen molar-refractivity contribution >= 4 is 29.1 Å². The fourth-order valence-corrected chi connectivity index (χ4v) is 7.88. The fourth-order valence-electron chi connectivity index (χ4n) is 3.57. The van der Waals surface area contributed by atoms with Crippen LogP contribution in [0.15, 0.2) is 72.8 Å². The molecule has 0 bridgehead atoms. The van der Waals surface area contributed by atoms with E-state index in [0.29, 0.717) is 0 Å². The van der Waals surface area contributed by atoms with Crippen LogP contribution < -0.4 is 21.0 Å². The van der Waals surface area contributed by atoms with Crippen molar-refractivity contribution in [2.75, 3.05) is 6.16 Å². The lowest BCUT2D eigenvalue weighted by molar-refractivity contribution is -0.302. The number of hydrogen-bond acceptors (Lipinski definition) is 2. The molecule has 3 aromatic carbocycles. The molecule has 0 aliphatic rings. The summed E-state index contributed by atoms with van der Waals surface area (Å²) in [4.78, 5) is 8.89. The molecule has 29 heavy (non-hydrogen) atoms. The SMILES string of the molecule is CC(=O)[O-].CCC[P+](c1ccc(C)cc1)(c1ccc(C)cc1)c1ccc(C)cc1. The number of benzene rings is 3. The number of rotatable bonds is 5. The lowest BCUT2D eigenvalue weighted by atomic mass is 10.2. The molecule has 0 heterocycles. The van der Waals surface area contributed by atoms with Crippen LogP contribution in [0.4, 0.5) is 0 Å².